The number of carbonyl (C=O) groups excluding carboxylic acids is 1. The first-order valence-corrected chi connectivity index (χ1v) is 8.34. The molecule has 0 spiro atoms. The molecule has 2 aliphatic carbocycles. The zero-order chi connectivity index (χ0) is 16.5. The van der Waals surface area contributed by atoms with E-state index in [1.54, 1.807) is 0 Å². The summed E-state index contributed by atoms with van der Waals surface area (Å²) in [6, 6.07) is 0. The van der Waals surface area contributed by atoms with E-state index < -0.39 is 6.10 Å². The average Bonchev–Trinajstić information content (AvgIpc) is 2.43. The Morgan fingerprint density at radius 1 is 1.41 bits per heavy atom. The fourth-order valence-corrected chi connectivity index (χ4v) is 4.81. The van der Waals surface area contributed by atoms with Crippen LogP contribution in [0.15, 0.2) is 11.6 Å². The maximum absolute atomic E-state index is 12.6. The standard InChI is InChI=1S/C18H30O4/c1-12-6-7-14-17(2,3)8-5-9-18(14,4)15(12)16(21)22-11-13(20)10-19/h6,13-15,19-20H,5,7-11H2,1-4H3/t13?,14-,15?,18-/m0/s1. The minimum absolute atomic E-state index is 0.0815. The highest BCUT2D eigenvalue weighted by Gasteiger charge is 2.54. The van der Waals surface area contributed by atoms with Gasteiger partial charge >= 0.3 is 5.97 Å². The molecule has 2 N–H and O–H groups in total. The topological polar surface area (TPSA) is 66.8 Å². The molecular formula is C18H30O4. The molecule has 126 valence electrons. The molecule has 0 radical (unpaired) electrons. The van der Waals surface area contributed by atoms with E-state index in [2.05, 4.69) is 26.8 Å². The minimum Gasteiger partial charge on any atom is -0.462 e. The van der Waals surface area contributed by atoms with Gasteiger partial charge in [-0.1, -0.05) is 38.8 Å². The Morgan fingerprint density at radius 3 is 2.73 bits per heavy atom. The van der Waals surface area contributed by atoms with Crippen molar-refractivity contribution in [3.63, 3.8) is 0 Å². The lowest BCUT2D eigenvalue weighted by molar-refractivity contribution is -0.161. The van der Waals surface area contributed by atoms with E-state index in [0.29, 0.717) is 5.92 Å². The summed E-state index contributed by atoms with van der Waals surface area (Å²) in [5.74, 6) is -0.0272. The normalized spacial score (nSPS) is 35.3. The smallest absolute Gasteiger partial charge is 0.313 e. The lowest BCUT2D eigenvalue weighted by atomic mass is 9.49. The van der Waals surface area contributed by atoms with E-state index in [4.69, 9.17) is 9.84 Å². The lowest BCUT2D eigenvalue weighted by Crippen LogP contribution is -2.51. The van der Waals surface area contributed by atoms with Gasteiger partial charge in [-0.05, 0) is 42.9 Å². The molecule has 0 saturated heterocycles. The van der Waals surface area contributed by atoms with Crippen LogP contribution in [0.25, 0.3) is 0 Å². The van der Waals surface area contributed by atoms with E-state index in [1.807, 2.05) is 6.92 Å². The zero-order valence-corrected chi connectivity index (χ0v) is 14.3. The van der Waals surface area contributed by atoms with E-state index >= 15 is 0 Å². The van der Waals surface area contributed by atoms with Crippen LogP contribution in [0.5, 0.6) is 0 Å². The number of carbonyl (C=O) groups is 1. The SMILES string of the molecule is CC1=CC[C@H]2C(C)(C)CCC[C@]2(C)C1C(=O)OCC(O)CO. The summed E-state index contributed by atoms with van der Waals surface area (Å²) in [4.78, 5) is 12.6. The average molecular weight is 310 g/mol. The molecule has 0 heterocycles. The quantitative estimate of drug-likeness (QED) is 0.619. The Hall–Kier alpha value is -0.870. The second-order valence-electron chi connectivity index (χ2n) is 7.98. The summed E-state index contributed by atoms with van der Waals surface area (Å²) in [7, 11) is 0. The number of ether oxygens (including phenoxy) is 1. The van der Waals surface area contributed by atoms with Gasteiger partial charge in [-0.2, -0.15) is 0 Å². The lowest BCUT2D eigenvalue weighted by Gasteiger charge is -2.55. The Kier molecular flexibility index (Phi) is 5.03. The van der Waals surface area contributed by atoms with Crippen molar-refractivity contribution in [1.82, 2.24) is 0 Å². The van der Waals surface area contributed by atoms with Crippen LogP contribution < -0.4 is 0 Å². The van der Waals surface area contributed by atoms with Crippen LogP contribution in [0.3, 0.4) is 0 Å². The van der Waals surface area contributed by atoms with Crippen molar-refractivity contribution in [3.8, 4) is 0 Å². The van der Waals surface area contributed by atoms with Crippen molar-refractivity contribution in [2.24, 2.45) is 22.7 Å². The Bertz CT molecular complexity index is 454. The molecule has 0 aliphatic heterocycles. The molecule has 2 aliphatic rings. The third-order valence-electron chi connectivity index (χ3n) is 5.93. The monoisotopic (exact) mass is 310 g/mol. The Morgan fingerprint density at radius 2 is 2.09 bits per heavy atom. The number of allylic oxidation sites excluding steroid dienone is 1. The highest BCUT2D eigenvalue weighted by atomic mass is 16.5. The van der Waals surface area contributed by atoms with Crippen molar-refractivity contribution < 1.29 is 19.7 Å². The van der Waals surface area contributed by atoms with Gasteiger partial charge in [-0.25, -0.2) is 0 Å². The van der Waals surface area contributed by atoms with Crippen LogP contribution in [0.4, 0.5) is 0 Å². The van der Waals surface area contributed by atoms with Gasteiger partial charge in [0.25, 0.3) is 0 Å². The minimum atomic E-state index is -0.997. The fraction of sp³-hybridized carbons (Fsp3) is 0.833. The Balaban J connectivity index is 2.23. The molecule has 22 heavy (non-hydrogen) atoms. The largest absolute Gasteiger partial charge is 0.462 e. The first-order chi connectivity index (χ1) is 10.2. The summed E-state index contributed by atoms with van der Waals surface area (Å²) < 4.78 is 5.30. The summed E-state index contributed by atoms with van der Waals surface area (Å²) in [5.41, 5.74) is 1.23. The van der Waals surface area contributed by atoms with Crippen LogP contribution in [0.2, 0.25) is 0 Å². The summed E-state index contributed by atoms with van der Waals surface area (Å²) in [5, 5.41) is 18.3. The molecule has 1 saturated carbocycles. The molecule has 0 aromatic carbocycles. The van der Waals surface area contributed by atoms with Crippen molar-refractivity contribution in [1.29, 1.82) is 0 Å². The van der Waals surface area contributed by atoms with Gasteiger partial charge < -0.3 is 14.9 Å². The third kappa shape index (κ3) is 3.09. The maximum atomic E-state index is 12.6. The summed E-state index contributed by atoms with van der Waals surface area (Å²) >= 11 is 0. The van der Waals surface area contributed by atoms with Gasteiger partial charge in [-0.3, -0.25) is 4.79 Å². The van der Waals surface area contributed by atoms with Crippen LogP contribution >= 0.6 is 0 Å². The van der Waals surface area contributed by atoms with Crippen LogP contribution in [-0.2, 0) is 9.53 Å². The second-order valence-corrected chi connectivity index (χ2v) is 7.98. The maximum Gasteiger partial charge on any atom is 0.313 e. The number of esters is 1. The van der Waals surface area contributed by atoms with Crippen molar-refractivity contribution in [2.45, 2.75) is 59.5 Å². The van der Waals surface area contributed by atoms with Gasteiger partial charge in [-0.15, -0.1) is 0 Å². The molecule has 2 unspecified atom stereocenters. The molecule has 0 aromatic rings. The predicted octanol–water partition coefficient (Wildman–Crippen LogP) is 2.68. The van der Waals surface area contributed by atoms with Gasteiger partial charge in [0.05, 0.1) is 12.5 Å². The van der Waals surface area contributed by atoms with Crippen molar-refractivity contribution in [3.05, 3.63) is 11.6 Å². The molecule has 0 amide bonds. The number of aliphatic hydroxyl groups is 2. The second kappa shape index (κ2) is 6.32. The van der Waals surface area contributed by atoms with Gasteiger partial charge in [0.15, 0.2) is 0 Å². The summed E-state index contributed by atoms with van der Waals surface area (Å²) in [6.45, 7) is 8.33. The molecule has 2 rings (SSSR count). The first-order valence-electron chi connectivity index (χ1n) is 8.34. The zero-order valence-electron chi connectivity index (χ0n) is 14.3. The fourth-order valence-electron chi connectivity index (χ4n) is 4.81. The van der Waals surface area contributed by atoms with E-state index in [9.17, 15) is 9.90 Å². The molecule has 4 heteroatoms. The Labute approximate surface area is 133 Å². The molecule has 0 bridgehead atoms. The first kappa shape index (κ1) is 17.5. The number of fused-ring (bicyclic) bond motifs is 1. The van der Waals surface area contributed by atoms with Gasteiger partial charge in [0.2, 0.25) is 0 Å². The van der Waals surface area contributed by atoms with E-state index in [-0.39, 0.29) is 35.9 Å². The number of aliphatic hydroxyl groups excluding tert-OH is 2. The molecule has 4 nitrogen and oxygen atoms in total. The molecule has 1 fully saturated rings. The van der Waals surface area contributed by atoms with Gasteiger partial charge in [0, 0.05) is 0 Å². The summed E-state index contributed by atoms with van der Waals surface area (Å²) in [6.07, 6.45) is 5.59. The highest BCUT2D eigenvalue weighted by molar-refractivity contribution is 5.77. The third-order valence-corrected chi connectivity index (χ3v) is 5.93. The van der Waals surface area contributed by atoms with Crippen LogP contribution in [0.1, 0.15) is 53.4 Å². The van der Waals surface area contributed by atoms with Crippen molar-refractivity contribution in [2.75, 3.05) is 13.2 Å². The molecular weight excluding hydrogens is 280 g/mol. The predicted molar refractivity (Wildman–Crippen MR) is 85.1 cm³/mol. The number of hydrogen-bond acceptors (Lipinski definition) is 4. The molecule has 4 atom stereocenters. The molecule has 0 aromatic heterocycles. The number of hydrogen-bond donors (Lipinski definition) is 2. The van der Waals surface area contributed by atoms with E-state index in [1.165, 1.54) is 6.42 Å². The van der Waals surface area contributed by atoms with E-state index in [0.717, 1.165) is 24.8 Å². The highest BCUT2D eigenvalue weighted by Crippen LogP contribution is 2.59. The van der Waals surface area contributed by atoms with Crippen molar-refractivity contribution >= 4 is 5.97 Å². The van der Waals surface area contributed by atoms with Crippen LogP contribution in [0, 0.1) is 22.7 Å². The van der Waals surface area contributed by atoms with Crippen LogP contribution in [-0.4, -0.2) is 35.5 Å². The number of rotatable bonds is 4. The van der Waals surface area contributed by atoms with Gasteiger partial charge in [0.1, 0.15) is 12.7 Å².